The zero-order valence-electron chi connectivity index (χ0n) is 10.9. The first-order valence-corrected chi connectivity index (χ1v) is 7.00. The molecule has 94 valence electrons. The second kappa shape index (κ2) is 5.68. The van der Waals surface area contributed by atoms with Crippen molar-refractivity contribution >= 4 is 0 Å². The topological polar surface area (TPSA) is 20.2 Å². The van der Waals surface area contributed by atoms with Crippen molar-refractivity contribution < 1.29 is 5.11 Å². The molecule has 1 aliphatic rings. The Morgan fingerprint density at radius 1 is 1.12 bits per heavy atom. The van der Waals surface area contributed by atoms with Crippen LogP contribution in [0.1, 0.15) is 51.0 Å². The summed E-state index contributed by atoms with van der Waals surface area (Å²) in [5.41, 5.74) is 1.33. The fourth-order valence-electron chi connectivity index (χ4n) is 3.49. The van der Waals surface area contributed by atoms with Crippen LogP contribution >= 0.6 is 0 Å². The average Bonchev–Trinajstić information content (AvgIpc) is 2.43. The molecule has 0 spiro atoms. The van der Waals surface area contributed by atoms with E-state index in [0.29, 0.717) is 5.92 Å². The zero-order valence-corrected chi connectivity index (χ0v) is 10.9. The molecule has 0 radical (unpaired) electrons. The molecule has 17 heavy (non-hydrogen) atoms. The molecule has 1 atom stereocenters. The van der Waals surface area contributed by atoms with Crippen LogP contribution in [0.5, 0.6) is 0 Å². The van der Waals surface area contributed by atoms with Gasteiger partial charge in [0.25, 0.3) is 0 Å². The van der Waals surface area contributed by atoms with Gasteiger partial charge in [-0.3, -0.25) is 0 Å². The predicted octanol–water partition coefficient (Wildman–Crippen LogP) is 3.91. The van der Waals surface area contributed by atoms with Gasteiger partial charge in [0, 0.05) is 5.41 Å². The van der Waals surface area contributed by atoms with Crippen molar-refractivity contribution in [3.05, 3.63) is 35.9 Å². The van der Waals surface area contributed by atoms with Gasteiger partial charge in [-0.15, -0.1) is 0 Å². The molecule has 0 bridgehead atoms. The number of rotatable bonds is 4. The molecule has 0 aromatic heterocycles. The molecule has 0 amide bonds. The lowest BCUT2D eigenvalue weighted by atomic mass is 9.64. The minimum atomic E-state index is 0.00167. The Morgan fingerprint density at radius 3 is 2.29 bits per heavy atom. The van der Waals surface area contributed by atoms with Gasteiger partial charge in [0.05, 0.1) is 6.61 Å². The molecule has 1 nitrogen and oxygen atoms in total. The van der Waals surface area contributed by atoms with Crippen LogP contribution in [-0.4, -0.2) is 11.7 Å². The second-order valence-corrected chi connectivity index (χ2v) is 5.37. The lowest BCUT2D eigenvalue weighted by molar-refractivity contribution is 0.105. The van der Waals surface area contributed by atoms with E-state index in [1.807, 2.05) is 0 Å². The van der Waals surface area contributed by atoms with E-state index in [2.05, 4.69) is 37.3 Å². The summed E-state index contributed by atoms with van der Waals surface area (Å²) in [5, 5.41) is 9.98. The van der Waals surface area contributed by atoms with Crippen molar-refractivity contribution in [3.8, 4) is 0 Å². The van der Waals surface area contributed by atoms with Gasteiger partial charge in [-0.1, -0.05) is 56.5 Å². The molecule has 1 heteroatoms. The standard InChI is InChI=1S/C16H24O/c1-2-16(13-17,14-9-5-3-6-10-14)15-11-7-4-8-12-15/h3,5-6,9-10,15,17H,2,4,7-8,11-13H2,1H3. The fraction of sp³-hybridized carbons (Fsp3) is 0.625. The Bertz CT molecular complexity index is 321. The first-order chi connectivity index (χ1) is 8.33. The summed E-state index contributed by atoms with van der Waals surface area (Å²) in [6.07, 6.45) is 7.64. The maximum Gasteiger partial charge on any atom is 0.0530 e. The highest BCUT2D eigenvalue weighted by Crippen LogP contribution is 2.43. The number of aliphatic hydroxyl groups is 1. The summed E-state index contributed by atoms with van der Waals surface area (Å²) in [4.78, 5) is 0. The van der Waals surface area contributed by atoms with Crippen LogP contribution in [0, 0.1) is 5.92 Å². The first kappa shape index (κ1) is 12.6. The van der Waals surface area contributed by atoms with Crippen LogP contribution in [0.25, 0.3) is 0 Å². The molecule has 0 saturated heterocycles. The van der Waals surface area contributed by atoms with Gasteiger partial charge >= 0.3 is 0 Å². The summed E-state index contributed by atoms with van der Waals surface area (Å²) in [7, 11) is 0. The molecule has 1 N–H and O–H groups in total. The van der Waals surface area contributed by atoms with Crippen LogP contribution in [-0.2, 0) is 5.41 Å². The summed E-state index contributed by atoms with van der Waals surface area (Å²) >= 11 is 0. The van der Waals surface area contributed by atoms with Gasteiger partial charge in [-0.05, 0) is 30.7 Å². The van der Waals surface area contributed by atoms with Gasteiger partial charge in [0.15, 0.2) is 0 Å². The Morgan fingerprint density at radius 2 is 1.76 bits per heavy atom. The van der Waals surface area contributed by atoms with Gasteiger partial charge < -0.3 is 5.11 Å². The summed E-state index contributed by atoms with van der Waals surface area (Å²) < 4.78 is 0. The third kappa shape index (κ3) is 2.40. The van der Waals surface area contributed by atoms with Crippen molar-refractivity contribution in [1.29, 1.82) is 0 Å². The Kier molecular flexibility index (Phi) is 4.22. The van der Waals surface area contributed by atoms with Crippen molar-refractivity contribution in [2.45, 2.75) is 50.9 Å². The maximum absolute atomic E-state index is 9.98. The largest absolute Gasteiger partial charge is 0.395 e. The molecule has 1 aromatic carbocycles. The smallest absolute Gasteiger partial charge is 0.0530 e. The predicted molar refractivity (Wildman–Crippen MR) is 72.1 cm³/mol. The number of aliphatic hydroxyl groups excluding tert-OH is 1. The Balaban J connectivity index is 2.30. The first-order valence-electron chi connectivity index (χ1n) is 7.00. The summed E-state index contributed by atoms with van der Waals surface area (Å²) in [6.45, 7) is 2.51. The lowest BCUT2D eigenvalue weighted by Gasteiger charge is -2.41. The van der Waals surface area contributed by atoms with Crippen LogP contribution < -0.4 is 0 Å². The van der Waals surface area contributed by atoms with E-state index < -0.39 is 0 Å². The van der Waals surface area contributed by atoms with E-state index in [1.165, 1.54) is 37.7 Å². The van der Waals surface area contributed by atoms with E-state index in [9.17, 15) is 5.11 Å². The Hall–Kier alpha value is -0.820. The van der Waals surface area contributed by atoms with Crippen LogP contribution in [0.4, 0.5) is 0 Å². The lowest BCUT2D eigenvalue weighted by Crippen LogP contribution is -2.39. The van der Waals surface area contributed by atoms with Crippen molar-refractivity contribution in [2.75, 3.05) is 6.61 Å². The van der Waals surface area contributed by atoms with Crippen molar-refractivity contribution in [1.82, 2.24) is 0 Å². The van der Waals surface area contributed by atoms with Gasteiger partial charge in [-0.2, -0.15) is 0 Å². The van der Waals surface area contributed by atoms with Gasteiger partial charge in [0.2, 0.25) is 0 Å². The Labute approximate surface area is 105 Å². The quantitative estimate of drug-likeness (QED) is 0.834. The molecule has 1 fully saturated rings. The third-order valence-electron chi connectivity index (χ3n) is 4.65. The zero-order chi connectivity index (χ0) is 12.1. The molecular weight excluding hydrogens is 208 g/mol. The molecule has 1 saturated carbocycles. The molecule has 1 aliphatic carbocycles. The van der Waals surface area contributed by atoms with Crippen molar-refractivity contribution in [2.24, 2.45) is 5.92 Å². The highest BCUT2D eigenvalue weighted by atomic mass is 16.3. The van der Waals surface area contributed by atoms with E-state index >= 15 is 0 Å². The highest BCUT2D eigenvalue weighted by molar-refractivity contribution is 5.26. The average molecular weight is 232 g/mol. The van der Waals surface area contributed by atoms with Crippen LogP contribution in [0.15, 0.2) is 30.3 Å². The minimum absolute atomic E-state index is 0.00167. The number of benzene rings is 1. The maximum atomic E-state index is 9.98. The van der Waals surface area contributed by atoms with Crippen LogP contribution in [0.2, 0.25) is 0 Å². The minimum Gasteiger partial charge on any atom is -0.395 e. The number of hydrogen-bond donors (Lipinski definition) is 1. The molecule has 0 heterocycles. The molecule has 1 aromatic rings. The molecule has 2 rings (SSSR count). The molecular formula is C16H24O. The molecule has 0 aliphatic heterocycles. The SMILES string of the molecule is CCC(CO)(c1ccccc1)C1CCCCC1. The summed E-state index contributed by atoms with van der Waals surface area (Å²) in [5.74, 6) is 0.661. The highest BCUT2D eigenvalue weighted by Gasteiger charge is 2.38. The van der Waals surface area contributed by atoms with E-state index in [1.54, 1.807) is 0 Å². The third-order valence-corrected chi connectivity index (χ3v) is 4.65. The van der Waals surface area contributed by atoms with E-state index in [-0.39, 0.29) is 12.0 Å². The normalized spacial score (nSPS) is 21.1. The van der Waals surface area contributed by atoms with Gasteiger partial charge in [-0.25, -0.2) is 0 Å². The molecule has 1 unspecified atom stereocenters. The van der Waals surface area contributed by atoms with Crippen LogP contribution in [0.3, 0.4) is 0 Å². The number of hydrogen-bond acceptors (Lipinski definition) is 1. The van der Waals surface area contributed by atoms with E-state index in [0.717, 1.165) is 6.42 Å². The van der Waals surface area contributed by atoms with Crippen molar-refractivity contribution in [3.63, 3.8) is 0 Å². The van der Waals surface area contributed by atoms with E-state index in [4.69, 9.17) is 0 Å². The fourth-order valence-corrected chi connectivity index (χ4v) is 3.49. The second-order valence-electron chi connectivity index (χ2n) is 5.37. The monoisotopic (exact) mass is 232 g/mol. The van der Waals surface area contributed by atoms with Gasteiger partial charge in [0.1, 0.15) is 0 Å². The summed E-state index contributed by atoms with van der Waals surface area (Å²) in [6, 6.07) is 10.6.